The standard InChI is InChI=1S/C12H12BrClN2S/c1-7-8(2)17-12(16-7)6-15-11-5-9(14)3-4-10(11)13/h3-5,15H,6H2,1-2H3. The first kappa shape index (κ1) is 12.9. The molecule has 0 bridgehead atoms. The molecule has 0 aliphatic heterocycles. The average Bonchev–Trinajstić information content (AvgIpc) is 2.60. The molecule has 1 heterocycles. The molecular weight excluding hydrogens is 320 g/mol. The van der Waals surface area contributed by atoms with Crippen LogP contribution < -0.4 is 5.32 Å². The molecule has 0 amide bonds. The second kappa shape index (κ2) is 5.38. The molecule has 2 nitrogen and oxygen atoms in total. The molecule has 1 aromatic heterocycles. The number of halogens is 2. The molecule has 0 atom stereocenters. The number of nitrogens with zero attached hydrogens (tertiary/aromatic N) is 1. The zero-order valence-corrected chi connectivity index (χ0v) is 12.7. The summed E-state index contributed by atoms with van der Waals surface area (Å²) in [5.41, 5.74) is 2.10. The largest absolute Gasteiger partial charge is 0.378 e. The molecular formula is C12H12BrClN2S. The Morgan fingerprint density at radius 2 is 2.18 bits per heavy atom. The molecule has 5 heteroatoms. The van der Waals surface area contributed by atoms with Crippen LogP contribution in [0.2, 0.25) is 5.02 Å². The number of hydrogen-bond acceptors (Lipinski definition) is 3. The van der Waals surface area contributed by atoms with E-state index in [4.69, 9.17) is 11.6 Å². The number of nitrogens with one attached hydrogen (secondary N) is 1. The van der Waals surface area contributed by atoms with Gasteiger partial charge in [-0.1, -0.05) is 11.6 Å². The number of rotatable bonds is 3. The van der Waals surface area contributed by atoms with Crippen LogP contribution in [0.15, 0.2) is 22.7 Å². The zero-order chi connectivity index (χ0) is 12.4. The topological polar surface area (TPSA) is 24.9 Å². The first-order valence-electron chi connectivity index (χ1n) is 5.18. The van der Waals surface area contributed by atoms with Crippen molar-refractivity contribution in [3.8, 4) is 0 Å². The van der Waals surface area contributed by atoms with E-state index in [2.05, 4.69) is 33.2 Å². The highest BCUT2D eigenvalue weighted by molar-refractivity contribution is 9.10. The fraction of sp³-hybridized carbons (Fsp3) is 0.250. The average molecular weight is 332 g/mol. The second-order valence-electron chi connectivity index (χ2n) is 3.73. The highest BCUT2D eigenvalue weighted by Crippen LogP contribution is 2.27. The van der Waals surface area contributed by atoms with Crippen LogP contribution in [-0.2, 0) is 6.54 Å². The summed E-state index contributed by atoms with van der Waals surface area (Å²) in [5.74, 6) is 0. The lowest BCUT2D eigenvalue weighted by Gasteiger charge is -2.07. The van der Waals surface area contributed by atoms with Gasteiger partial charge in [-0.15, -0.1) is 11.3 Å². The van der Waals surface area contributed by atoms with Crippen molar-refractivity contribution in [2.24, 2.45) is 0 Å². The van der Waals surface area contributed by atoms with Crippen molar-refractivity contribution < 1.29 is 0 Å². The van der Waals surface area contributed by atoms with E-state index in [0.29, 0.717) is 0 Å². The molecule has 0 unspecified atom stereocenters. The van der Waals surface area contributed by atoms with Gasteiger partial charge in [0.05, 0.1) is 17.9 Å². The van der Waals surface area contributed by atoms with Gasteiger partial charge in [-0.05, 0) is 48.0 Å². The van der Waals surface area contributed by atoms with Crippen LogP contribution in [0.1, 0.15) is 15.6 Å². The Labute approximate surface area is 118 Å². The van der Waals surface area contributed by atoms with E-state index in [-0.39, 0.29) is 0 Å². The molecule has 0 aliphatic carbocycles. The van der Waals surface area contributed by atoms with Crippen molar-refractivity contribution in [2.75, 3.05) is 5.32 Å². The quantitative estimate of drug-likeness (QED) is 0.875. The summed E-state index contributed by atoms with van der Waals surface area (Å²) in [4.78, 5) is 5.76. The van der Waals surface area contributed by atoms with E-state index >= 15 is 0 Å². The maximum absolute atomic E-state index is 5.95. The van der Waals surface area contributed by atoms with Gasteiger partial charge in [-0.2, -0.15) is 0 Å². The molecule has 0 aliphatic rings. The predicted octanol–water partition coefficient (Wildman–Crippen LogP) is 4.79. The van der Waals surface area contributed by atoms with Crippen molar-refractivity contribution >= 4 is 44.6 Å². The van der Waals surface area contributed by atoms with Gasteiger partial charge in [0.15, 0.2) is 0 Å². The summed E-state index contributed by atoms with van der Waals surface area (Å²) in [6.45, 7) is 4.84. The third-order valence-electron chi connectivity index (χ3n) is 2.43. The van der Waals surface area contributed by atoms with Gasteiger partial charge in [0.1, 0.15) is 5.01 Å². The normalized spacial score (nSPS) is 10.6. The third kappa shape index (κ3) is 3.21. The Balaban J connectivity index is 2.09. The fourth-order valence-electron chi connectivity index (χ4n) is 1.42. The molecule has 0 saturated heterocycles. The van der Waals surface area contributed by atoms with Gasteiger partial charge >= 0.3 is 0 Å². The van der Waals surface area contributed by atoms with Crippen LogP contribution in [0.5, 0.6) is 0 Å². The van der Waals surface area contributed by atoms with Crippen LogP contribution in [-0.4, -0.2) is 4.98 Å². The van der Waals surface area contributed by atoms with Crippen LogP contribution in [0.4, 0.5) is 5.69 Å². The molecule has 1 aromatic carbocycles. The van der Waals surface area contributed by atoms with Crippen LogP contribution >= 0.6 is 38.9 Å². The van der Waals surface area contributed by atoms with E-state index in [1.54, 1.807) is 11.3 Å². The molecule has 0 fully saturated rings. The van der Waals surface area contributed by atoms with E-state index < -0.39 is 0 Å². The van der Waals surface area contributed by atoms with E-state index in [1.807, 2.05) is 25.1 Å². The first-order chi connectivity index (χ1) is 8.06. The van der Waals surface area contributed by atoms with Gasteiger partial charge in [-0.3, -0.25) is 0 Å². The van der Waals surface area contributed by atoms with E-state index in [0.717, 1.165) is 32.4 Å². The third-order valence-corrected chi connectivity index (χ3v) is 4.43. The minimum absolute atomic E-state index is 0.721. The molecule has 0 spiro atoms. The Kier molecular flexibility index (Phi) is 4.07. The molecule has 90 valence electrons. The van der Waals surface area contributed by atoms with Gasteiger partial charge in [0.2, 0.25) is 0 Å². The second-order valence-corrected chi connectivity index (χ2v) is 6.31. The maximum atomic E-state index is 5.95. The monoisotopic (exact) mass is 330 g/mol. The molecule has 2 rings (SSSR count). The minimum atomic E-state index is 0.721. The molecule has 2 aromatic rings. The summed E-state index contributed by atoms with van der Waals surface area (Å²) in [6.07, 6.45) is 0. The Hall–Kier alpha value is -0.580. The highest BCUT2D eigenvalue weighted by atomic mass is 79.9. The minimum Gasteiger partial charge on any atom is -0.378 e. The number of aryl methyl sites for hydroxylation is 2. The number of thiazole rings is 1. The molecule has 17 heavy (non-hydrogen) atoms. The van der Waals surface area contributed by atoms with E-state index in [1.165, 1.54) is 4.88 Å². The smallest absolute Gasteiger partial charge is 0.112 e. The van der Waals surface area contributed by atoms with Crippen molar-refractivity contribution in [3.63, 3.8) is 0 Å². The SMILES string of the molecule is Cc1nc(CNc2cc(Cl)ccc2Br)sc1C. The lowest BCUT2D eigenvalue weighted by Crippen LogP contribution is -1.99. The summed E-state index contributed by atoms with van der Waals surface area (Å²) < 4.78 is 1.01. The lowest BCUT2D eigenvalue weighted by atomic mass is 10.3. The Morgan fingerprint density at radius 3 is 2.82 bits per heavy atom. The van der Waals surface area contributed by atoms with Gasteiger partial charge in [0, 0.05) is 14.4 Å². The number of anilines is 1. The van der Waals surface area contributed by atoms with Gasteiger partial charge < -0.3 is 5.32 Å². The summed E-state index contributed by atoms with van der Waals surface area (Å²) in [5, 5.41) is 5.14. The number of hydrogen-bond donors (Lipinski definition) is 1. The van der Waals surface area contributed by atoms with Crippen LogP contribution in [0.25, 0.3) is 0 Å². The summed E-state index contributed by atoms with van der Waals surface area (Å²) >= 11 is 11.2. The van der Waals surface area contributed by atoms with Crippen LogP contribution in [0.3, 0.4) is 0 Å². The number of benzene rings is 1. The summed E-state index contributed by atoms with van der Waals surface area (Å²) in [7, 11) is 0. The van der Waals surface area contributed by atoms with Crippen molar-refractivity contribution in [1.82, 2.24) is 4.98 Å². The van der Waals surface area contributed by atoms with Crippen molar-refractivity contribution in [1.29, 1.82) is 0 Å². The zero-order valence-electron chi connectivity index (χ0n) is 9.55. The van der Waals surface area contributed by atoms with Gasteiger partial charge in [-0.25, -0.2) is 4.98 Å². The molecule has 1 N–H and O–H groups in total. The summed E-state index contributed by atoms with van der Waals surface area (Å²) in [6, 6.07) is 5.69. The molecule has 0 radical (unpaired) electrons. The Bertz CT molecular complexity index is 520. The predicted molar refractivity (Wildman–Crippen MR) is 78.1 cm³/mol. The van der Waals surface area contributed by atoms with Crippen molar-refractivity contribution in [2.45, 2.75) is 20.4 Å². The highest BCUT2D eigenvalue weighted by Gasteiger charge is 2.05. The molecule has 0 saturated carbocycles. The lowest BCUT2D eigenvalue weighted by molar-refractivity contribution is 1.07. The maximum Gasteiger partial charge on any atom is 0.112 e. The van der Waals surface area contributed by atoms with Gasteiger partial charge in [0.25, 0.3) is 0 Å². The number of aromatic nitrogens is 1. The fourth-order valence-corrected chi connectivity index (χ4v) is 2.85. The van der Waals surface area contributed by atoms with Crippen molar-refractivity contribution in [3.05, 3.63) is 43.3 Å². The van der Waals surface area contributed by atoms with Crippen LogP contribution in [0, 0.1) is 13.8 Å². The first-order valence-corrected chi connectivity index (χ1v) is 7.17. The van der Waals surface area contributed by atoms with E-state index in [9.17, 15) is 0 Å². The Morgan fingerprint density at radius 1 is 1.41 bits per heavy atom.